The van der Waals surface area contributed by atoms with Gasteiger partial charge in [0, 0.05) is 23.8 Å². The maximum absolute atomic E-state index is 9.51. The molecule has 84 valence electrons. The van der Waals surface area contributed by atoms with Crippen molar-refractivity contribution < 1.29 is 5.11 Å². The lowest BCUT2D eigenvalue weighted by Gasteiger charge is -2.12. The fourth-order valence-corrected chi connectivity index (χ4v) is 1.62. The number of nitrogens with zero attached hydrogens (tertiary/aromatic N) is 1. The Morgan fingerprint density at radius 1 is 1.31 bits per heavy atom. The van der Waals surface area contributed by atoms with Crippen molar-refractivity contribution in [3.8, 4) is 0 Å². The predicted molar refractivity (Wildman–Crippen MR) is 66.5 cm³/mol. The molecule has 3 heteroatoms. The number of aromatic nitrogens is 1. The quantitative estimate of drug-likeness (QED) is 0.825. The van der Waals surface area contributed by atoms with Gasteiger partial charge in [0.15, 0.2) is 0 Å². The van der Waals surface area contributed by atoms with Crippen molar-refractivity contribution in [3.63, 3.8) is 0 Å². The molecule has 2 N–H and O–H groups in total. The second-order valence-corrected chi connectivity index (χ2v) is 3.82. The van der Waals surface area contributed by atoms with Crippen LogP contribution in [0.1, 0.15) is 13.3 Å². The number of aliphatic hydroxyl groups excluding tert-OH is 1. The molecule has 2 aromatic rings. The average Bonchev–Trinajstić information content (AvgIpc) is 2.35. The number of benzene rings is 1. The van der Waals surface area contributed by atoms with Crippen molar-refractivity contribution in [2.24, 2.45) is 0 Å². The van der Waals surface area contributed by atoms with Crippen molar-refractivity contribution >= 4 is 16.6 Å². The van der Waals surface area contributed by atoms with Gasteiger partial charge in [-0.3, -0.25) is 4.98 Å². The Balaban J connectivity index is 2.23. The number of nitrogens with one attached hydrogen (secondary N) is 1. The van der Waals surface area contributed by atoms with Crippen LogP contribution in [0.25, 0.3) is 10.9 Å². The highest BCUT2D eigenvalue weighted by Crippen LogP contribution is 2.20. The normalized spacial score (nSPS) is 12.6. The van der Waals surface area contributed by atoms with Gasteiger partial charge in [-0.2, -0.15) is 0 Å². The predicted octanol–water partition coefficient (Wildman–Crippen LogP) is 2.42. The number of rotatable bonds is 4. The van der Waals surface area contributed by atoms with Crippen LogP contribution in [0, 0.1) is 0 Å². The Bertz CT molecular complexity index is 465. The Morgan fingerprint density at radius 2 is 2.12 bits per heavy atom. The Hall–Kier alpha value is -1.61. The fraction of sp³-hybridized carbons (Fsp3) is 0.308. The van der Waals surface area contributed by atoms with Crippen molar-refractivity contribution in [1.82, 2.24) is 4.98 Å². The minimum atomic E-state index is -0.299. The van der Waals surface area contributed by atoms with Crippen LogP contribution in [0.3, 0.4) is 0 Å². The summed E-state index contributed by atoms with van der Waals surface area (Å²) in [6.45, 7) is 2.54. The van der Waals surface area contributed by atoms with E-state index < -0.39 is 0 Å². The van der Waals surface area contributed by atoms with E-state index in [1.54, 1.807) is 6.20 Å². The molecule has 0 aliphatic carbocycles. The molecule has 0 bridgehead atoms. The van der Waals surface area contributed by atoms with Gasteiger partial charge in [0.2, 0.25) is 0 Å². The van der Waals surface area contributed by atoms with E-state index in [0.717, 1.165) is 23.0 Å². The number of hydrogen-bond acceptors (Lipinski definition) is 3. The van der Waals surface area contributed by atoms with Crippen molar-refractivity contribution in [2.75, 3.05) is 11.9 Å². The van der Waals surface area contributed by atoms with E-state index in [4.69, 9.17) is 0 Å². The zero-order valence-corrected chi connectivity index (χ0v) is 9.35. The van der Waals surface area contributed by atoms with E-state index in [0.29, 0.717) is 6.54 Å². The molecule has 0 aliphatic heterocycles. The van der Waals surface area contributed by atoms with Crippen LogP contribution >= 0.6 is 0 Å². The van der Waals surface area contributed by atoms with Crippen molar-refractivity contribution in [1.29, 1.82) is 0 Å². The number of pyridine rings is 1. The molecule has 0 fully saturated rings. The van der Waals surface area contributed by atoms with E-state index in [-0.39, 0.29) is 6.10 Å². The molecule has 0 aliphatic rings. The molecule has 1 aromatic carbocycles. The third kappa shape index (κ3) is 2.31. The Kier molecular flexibility index (Phi) is 3.37. The zero-order chi connectivity index (χ0) is 11.4. The SMILES string of the molecule is CCC(O)CNc1ccnc2ccccc12. The largest absolute Gasteiger partial charge is 0.391 e. The van der Waals surface area contributed by atoms with E-state index in [1.165, 1.54) is 0 Å². The van der Waals surface area contributed by atoms with Gasteiger partial charge in [-0.15, -0.1) is 0 Å². The van der Waals surface area contributed by atoms with Gasteiger partial charge in [-0.25, -0.2) is 0 Å². The molecule has 0 radical (unpaired) electrons. The highest BCUT2D eigenvalue weighted by Gasteiger charge is 2.03. The first-order valence-electron chi connectivity index (χ1n) is 5.57. The topological polar surface area (TPSA) is 45.1 Å². The minimum absolute atomic E-state index is 0.299. The van der Waals surface area contributed by atoms with Crippen LogP contribution in [0.15, 0.2) is 36.5 Å². The molecule has 3 nitrogen and oxygen atoms in total. The van der Waals surface area contributed by atoms with E-state index in [2.05, 4.69) is 10.3 Å². The first-order valence-corrected chi connectivity index (χ1v) is 5.57. The third-order valence-electron chi connectivity index (χ3n) is 2.65. The molecule has 1 aromatic heterocycles. The fourth-order valence-electron chi connectivity index (χ4n) is 1.62. The summed E-state index contributed by atoms with van der Waals surface area (Å²) in [7, 11) is 0. The van der Waals surface area contributed by atoms with Crippen LogP contribution in [-0.4, -0.2) is 22.7 Å². The average molecular weight is 216 g/mol. The first-order chi connectivity index (χ1) is 7.81. The molecule has 0 saturated heterocycles. The van der Waals surface area contributed by atoms with Gasteiger partial charge in [0.1, 0.15) is 0 Å². The molecule has 1 atom stereocenters. The lowest BCUT2D eigenvalue weighted by Crippen LogP contribution is -2.18. The number of aliphatic hydroxyl groups is 1. The summed E-state index contributed by atoms with van der Waals surface area (Å²) in [5.74, 6) is 0. The second-order valence-electron chi connectivity index (χ2n) is 3.82. The van der Waals surface area contributed by atoms with Crippen LogP contribution in [0.2, 0.25) is 0 Å². The Labute approximate surface area is 95.1 Å². The number of hydrogen-bond donors (Lipinski definition) is 2. The summed E-state index contributed by atoms with van der Waals surface area (Å²) in [6.07, 6.45) is 2.24. The van der Waals surface area contributed by atoms with Gasteiger partial charge in [-0.05, 0) is 18.6 Å². The smallest absolute Gasteiger partial charge is 0.0722 e. The van der Waals surface area contributed by atoms with Gasteiger partial charge >= 0.3 is 0 Å². The monoisotopic (exact) mass is 216 g/mol. The van der Waals surface area contributed by atoms with E-state index in [9.17, 15) is 5.11 Å². The minimum Gasteiger partial charge on any atom is -0.391 e. The van der Waals surface area contributed by atoms with Crippen LogP contribution in [-0.2, 0) is 0 Å². The Morgan fingerprint density at radius 3 is 2.94 bits per heavy atom. The highest BCUT2D eigenvalue weighted by atomic mass is 16.3. The molecule has 0 amide bonds. The lowest BCUT2D eigenvalue weighted by molar-refractivity contribution is 0.183. The van der Waals surface area contributed by atoms with Crippen molar-refractivity contribution in [3.05, 3.63) is 36.5 Å². The zero-order valence-electron chi connectivity index (χ0n) is 9.35. The summed E-state index contributed by atoms with van der Waals surface area (Å²) in [6, 6.07) is 9.91. The highest BCUT2D eigenvalue weighted by molar-refractivity contribution is 5.90. The molecule has 0 saturated carbocycles. The van der Waals surface area contributed by atoms with Crippen molar-refractivity contribution in [2.45, 2.75) is 19.4 Å². The summed E-state index contributed by atoms with van der Waals surface area (Å²) in [4.78, 5) is 4.29. The molecule has 0 spiro atoms. The summed E-state index contributed by atoms with van der Waals surface area (Å²) in [5, 5.41) is 13.9. The van der Waals surface area contributed by atoms with Gasteiger partial charge in [0.25, 0.3) is 0 Å². The number of anilines is 1. The number of para-hydroxylation sites is 1. The number of fused-ring (bicyclic) bond motifs is 1. The summed E-state index contributed by atoms with van der Waals surface area (Å²) in [5.41, 5.74) is 2.00. The summed E-state index contributed by atoms with van der Waals surface area (Å²) < 4.78 is 0. The molecular formula is C13H16N2O. The van der Waals surface area contributed by atoms with E-state index in [1.807, 2.05) is 37.3 Å². The second kappa shape index (κ2) is 4.94. The third-order valence-corrected chi connectivity index (χ3v) is 2.65. The van der Waals surface area contributed by atoms with E-state index >= 15 is 0 Å². The molecule has 1 heterocycles. The summed E-state index contributed by atoms with van der Waals surface area (Å²) >= 11 is 0. The maximum Gasteiger partial charge on any atom is 0.0722 e. The standard InChI is InChI=1S/C13H16N2O/c1-2-10(16)9-15-13-7-8-14-12-6-4-3-5-11(12)13/h3-8,10,16H,2,9H2,1H3,(H,14,15). The van der Waals surface area contributed by atoms with Gasteiger partial charge in [0.05, 0.1) is 11.6 Å². The maximum atomic E-state index is 9.51. The molecule has 1 unspecified atom stereocenters. The van der Waals surface area contributed by atoms with Gasteiger partial charge < -0.3 is 10.4 Å². The van der Waals surface area contributed by atoms with Crippen LogP contribution < -0.4 is 5.32 Å². The van der Waals surface area contributed by atoms with Crippen LogP contribution in [0.4, 0.5) is 5.69 Å². The molecular weight excluding hydrogens is 200 g/mol. The van der Waals surface area contributed by atoms with Gasteiger partial charge in [-0.1, -0.05) is 25.1 Å². The lowest BCUT2D eigenvalue weighted by atomic mass is 10.2. The van der Waals surface area contributed by atoms with Crippen LogP contribution in [0.5, 0.6) is 0 Å². The molecule has 2 rings (SSSR count). The first kappa shape index (κ1) is 10.9. The molecule has 16 heavy (non-hydrogen) atoms.